The fraction of sp³-hybridized carbons (Fsp3) is 0.571. The molecular weight excluding hydrogens is 203 g/mol. The Hall–Kier alpha value is -0.890. The van der Waals surface area contributed by atoms with Crippen molar-refractivity contribution in [2.45, 2.75) is 39.2 Å². The summed E-state index contributed by atoms with van der Waals surface area (Å²) in [5.41, 5.74) is 1.74. The summed E-state index contributed by atoms with van der Waals surface area (Å²) in [7, 11) is 0. The van der Waals surface area contributed by atoms with E-state index in [9.17, 15) is 9.50 Å². The molecule has 1 aliphatic carbocycles. The number of aliphatic hydroxyl groups excluding tert-OH is 1. The highest BCUT2D eigenvalue weighted by molar-refractivity contribution is 5.29. The third kappa shape index (κ3) is 2.12. The third-order valence-electron chi connectivity index (χ3n) is 3.88. The summed E-state index contributed by atoms with van der Waals surface area (Å²) in [4.78, 5) is 0. The molecule has 0 spiro atoms. The first-order valence-corrected chi connectivity index (χ1v) is 6.03. The van der Waals surface area contributed by atoms with Gasteiger partial charge in [-0.2, -0.15) is 0 Å². The molecule has 0 saturated heterocycles. The van der Waals surface area contributed by atoms with Crippen LogP contribution in [0, 0.1) is 24.6 Å². The summed E-state index contributed by atoms with van der Waals surface area (Å²) in [5.74, 6) is 0.677. The van der Waals surface area contributed by atoms with Crippen molar-refractivity contribution in [3.8, 4) is 0 Å². The van der Waals surface area contributed by atoms with Gasteiger partial charge in [0.1, 0.15) is 5.82 Å². The summed E-state index contributed by atoms with van der Waals surface area (Å²) in [6, 6.07) is 4.66. The monoisotopic (exact) mass is 222 g/mol. The van der Waals surface area contributed by atoms with Crippen molar-refractivity contribution in [2.24, 2.45) is 11.8 Å². The van der Waals surface area contributed by atoms with Crippen molar-refractivity contribution in [3.63, 3.8) is 0 Å². The van der Waals surface area contributed by atoms with Crippen LogP contribution in [-0.2, 0) is 0 Å². The van der Waals surface area contributed by atoms with Crippen LogP contribution in [0.1, 0.15) is 43.4 Å². The number of rotatable bonds is 2. The highest BCUT2D eigenvalue weighted by Crippen LogP contribution is 2.40. The molecule has 1 fully saturated rings. The van der Waals surface area contributed by atoms with Crippen molar-refractivity contribution in [2.75, 3.05) is 0 Å². The Balaban J connectivity index is 2.23. The van der Waals surface area contributed by atoms with Gasteiger partial charge in [-0.3, -0.25) is 0 Å². The molecule has 3 atom stereocenters. The Morgan fingerprint density at radius 3 is 2.69 bits per heavy atom. The highest BCUT2D eigenvalue weighted by atomic mass is 19.1. The van der Waals surface area contributed by atoms with Gasteiger partial charge in [-0.15, -0.1) is 0 Å². The summed E-state index contributed by atoms with van der Waals surface area (Å²) < 4.78 is 13.0. The number of benzene rings is 1. The SMILES string of the molecule is Cc1cc(F)ccc1C(O)C1CCCC1C. The van der Waals surface area contributed by atoms with Crippen LogP contribution in [0.15, 0.2) is 18.2 Å². The van der Waals surface area contributed by atoms with Gasteiger partial charge in [0.2, 0.25) is 0 Å². The van der Waals surface area contributed by atoms with E-state index in [1.54, 1.807) is 6.07 Å². The van der Waals surface area contributed by atoms with Crippen LogP contribution in [0.25, 0.3) is 0 Å². The van der Waals surface area contributed by atoms with E-state index < -0.39 is 6.10 Å². The van der Waals surface area contributed by atoms with Gasteiger partial charge < -0.3 is 5.11 Å². The number of hydrogen-bond acceptors (Lipinski definition) is 1. The van der Waals surface area contributed by atoms with Crippen LogP contribution in [0.3, 0.4) is 0 Å². The van der Waals surface area contributed by atoms with Gasteiger partial charge in [0.15, 0.2) is 0 Å². The van der Waals surface area contributed by atoms with E-state index in [1.165, 1.54) is 25.0 Å². The van der Waals surface area contributed by atoms with Gasteiger partial charge in [0.05, 0.1) is 6.10 Å². The molecule has 1 aromatic rings. The molecule has 1 N–H and O–H groups in total. The maximum absolute atomic E-state index is 13.0. The van der Waals surface area contributed by atoms with E-state index in [1.807, 2.05) is 6.92 Å². The van der Waals surface area contributed by atoms with Crippen LogP contribution in [0.5, 0.6) is 0 Å². The van der Waals surface area contributed by atoms with Crippen molar-refractivity contribution in [3.05, 3.63) is 35.1 Å². The predicted molar refractivity (Wildman–Crippen MR) is 62.6 cm³/mol. The molecule has 1 saturated carbocycles. The quantitative estimate of drug-likeness (QED) is 0.810. The molecule has 0 radical (unpaired) electrons. The summed E-state index contributed by atoms with van der Waals surface area (Å²) in [5, 5.41) is 10.3. The van der Waals surface area contributed by atoms with Gasteiger partial charge in [-0.25, -0.2) is 4.39 Å². The number of aryl methyl sites for hydroxylation is 1. The Morgan fingerprint density at radius 1 is 1.38 bits per heavy atom. The van der Waals surface area contributed by atoms with E-state index in [0.29, 0.717) is 11.8 Å². The van der Waals surface area contributed by atoms with Crippen LogP contribution < -0.4 is 0 Å². The van der Waals surface area contributed by atoms with E-state index in [4.69, 9.17) is 0 Å². The maximum Gasteiger partial charge on any atom is 0.123 e. The van der Waals surface area contributed by atoms with E-state index in [2.05, 4.69) is 6.92 Å². The van der Waals surface area contributed by atoms with E-state index in [0.717, 1.165) is 17.5 Å². The van der Waals surface area contributed by atoms with Gasteiger partial charge in [0, 0.05) is 0 Å². The molecule has 88 valence electrons. The first-order chi connectivity index (χ1) is 7.59. The summed E-state index contributed by atoms with van der Waals surface area (Å²) in [6.45, 7) is 4.06. The molecule has 2 heteroatoms. The molecule has 1 aromatic carbocycles. The maximum atomic E-state index is 13.0. The molecule has 0 aliphatic heterocycles. The third-order valence-corrected chi connectivity index (χ3v) is 3.88. The minimum absolute atomic E-state index is 0.229. The zero-order valence-corrected chi connectivity index (χ0v) is 9.91. The zero-order valence-electron chi connectivity index (χ0n) is 9.91. The Morgan fingerprint density at radius 2 is 2.12 bits per heavy atom. The molecule has 1 nitrogen and oxygen atoms in total. The van der Waals surface area contributed by atoms with Crippen molar-refractivity contribution >= 4 is 0 Å². The zero-order chi connectivity index (χ0) is 11.7. The topological polar surface area (TPSA) is 20.2 Å². The van der Waals surface area contributed by atoms with Crippen LogP contribution >= 0.6 is 0 Å². The van der Waals surface area contributed by atoms with Gasteiger partial charge >= 0.3 is 0 Å². The molecule has 0 aromatic heterocycles. The van der Waals surface area contributed by atoms with Crippen LogP contribution in [0.4, 0.5) is 4.39 Å². The smallest absolute Gasteiger partial charge is 0.123 e. The molecular formula is C14H19FO. The second kappa shape index (κ2) is 4.54. The lowest BCUT2D eigenvalue weighted by atomic mass is 9.86. The average Bonchev–Trinajstić information content (AvgIpc) is 2.63. The van der Waals surface area contributed by atoms with Crippen molar-refractivity contribution < 1.29 is 9.50 Å². The molecule has 1 aliphatic rings. The molecule has 2 rings (SSSR count). The van der Waals surface area contributed by atoms with Crippen LogP contribution in [0.2, 0.25) is 0 Å². The lowest BCUT2D eigenvalue weighted by Gasteiger charge is -2.23. The number of aliphatic hydroxyl groups is 1. The van der Waals surface area contributed by atoms with Crippen LogP contribution in [-0.4, -0.2) is 5.11 Å². The lowest BCUT2D eigenvalue weighted by molar-refractivity contribution is 0.0894. The standard InChI is InChI=1S/C14H19FO/c1-9-4-3-5-12(9)14(16)13-7-6-11(15)8-10(13)2/h6-9,12,14,16H,3-5H2,1-2H3. The second-order valence-electron chi connectivity index (χ2n) is 5.02. The highest BCUT2D eigenvalue weighted by Gasteiger charge is 2.31. The predicted octanol–water partition coefficient (Wildman–Crippen LogP) is 3.60. The number of hydrogen-bond donors (Lipinski definition) is 1. The lowest BCUT2D eigenvalue weighted by Crippen LogP contribution is -2.16. The van der Waals surface area contributed by atoms with E-state index in [-0.39, 0.29) is 5.82 Å². The minimum Gasteiger partial charge on any atom is -0.388 e. The molecule has 0 bridgehead atoms. The minimum atomic E-state index is -0.432. The second-order valence-corrected chi connectivity index (χ2v) is 5.02. The molecule has 16 heavy (non-hydrogen) atoms. The van der Waals surface area contributed by atoms with E-state index >= 15 is 0 Å². The fourth-order valence-electron chi connectivity index (χ4n) is 2.84. The Bertz CT molecular complexity index is 375. The van der Waals surface area contributed by atoms with Crippen molar-refractivity contribution in [1.82, 2.24) is 0 Å². The first kappa shape index (κ1) is 11.6. The average molecular weight is 222 g/mol. The van der Waals surface area contributed by atoms with Gasteiger partial charge in [0.25, 0.3) is 0 Å². The summed E-state index contributed by atoms with van der Waals surface area (Å²) in [6.07, 6.45) is 3.04. The normalized spacial score (nSPS) is 27.0. The molecule has 0 heterocycles. The van der Waals surface area contributed by atoms with Crippen molar-refractivity contribution in [1.29, 1.82) is 0 Å². The number of halogens is 1. The fourth-order valence-corrected chi connectivity index (χ4v) is 2.84. The summed E-state index contributed by atoms with van der Waals surface area (Å²) >= 11 is 0. The van der Waals surface area contributed by atoms with Gasteiger partial charge in [-0.1, -0.05) is 25.8 Å². The Kier molecular flexibility index (Phi) is 3.29. The Labute approximate surface area is 96.3 Å². The molecule has 0 amide bonds. The first-order valence-electron chi connectivity index (χ1n) is 6.03. The largest absolute Gasteiger partial charge is 0.388 e. The van der Waals surface area contributed by atoms with Gasteiger partial charge in [-0.05, 0) is 48.4 Å². The molecule has 3 unspecified atom stereocenters.